The number of hydrogen-bond donors (Lipinski definition) is 1. The van der Waals surface area contributed by atoms with Crippen molar-refractivity contribution in [2.24, 2.45) is 0 Å². The average molecular weight is 273 g/mol. The van der Waals surface area contributed by atoms with Gasteiger partial charge in [0.25, 0.3) is 11.5 Å². The summed E-state index contributed by atoms with van der Waals surface area (Å²) in [6.07, 6.45) is 4.09. The Balaban J connectivity index is 2.27. The minimum absolute atomic E-state index is 0.151. The first kappa shape index (κ1) is 13.5. The molecule has 0 aromatic carbocycles. The number of rotatable bonds is 3. The summed E-state index contributed by atoms with van der Waals surface area (Å²) in [4.78, 5) is 38.7. The maximum Gasteiger partial charge on any atom is 0.339 e. The van der Waals surface area contributed by atoms with Crippen molar-refractivity contribution in [1.82, 2.24) is 9.66 Å². The second-order valence-corrected chi connectivity index (χ2v) is 3.80. The van der Waals surface area contributed by atoms with E-state index in [1.807, 2.05) is 0 Å². The van der Waals surface area contributed by atoms with E-state index >= 15 is 0 Å². The van der Waals surface area contributed by atoms with Crippen LogP contribution < -0.4 is 11.0 Å². The van der Waals surface area contributed by atoms with Gasteiger partial charge in [0.1, 0.15) is 0 Å². The van der Waals surface area contributed by atoms with Crippen molar-refractivity contribution < 1.29 is 14.3 Å². The van der Waals surface area contributed by atoms with Crippen LogP contribution in [0.5, 0.6) is 0 Å². The molecule has 0 spiro atoms. The largest absolute Gasteiger partial charge is 0.465 e. The van der Waals surface area contributed by atoms with Crippen LogP contribution >= 0.6 is 0 Å². The predicted octanol–water partition coefficient (Wildman–Crippen LogP) is 0.414. The third-order valence-corrected chi connectivity index (χ3v) is 2.48. The van der Waals surface area contributed by atoms with Crippen molar-refractivity contribution in [1.29, 1.82) is 0 Å². The molecule has 0 bridgehead atoms. The molecule has 0 saturated carbocycles. The Morgan fingerprint density at radius 2 is 2.05 bits per heavy atom. The number of methoxy groups -OCH3 is 1. The molecule has 7 nitrogen and oxygen atoms in total. The zero-order valence-electron chi connectivity index (χ0n) is 10.6. The summed E-state index contributed by atoms with van der Waals surface area (Å²) in [7, 11) is 1.23. The van der Waals surface area contributed by atoms with Gasteiger partial charge in [0.15, 0.2) is 0 Å². The standard InChI is InChI=1S/C13H11N3O4/c1-20-13(19)10-4-5-11(17)16(8-10)15-12(18)9-3-2-6-14-7-9/h2-8H,1H3,(H,15,18). The van der Waals surface area contributed by atoms with E-state index < -0.39 is 17.4 Å². The van der Waals surface area contributed by atoms with Crippen LogP contribution in [-0.2, 0) is 4.74 Å². The minimum Gasteiger partial charge on any atom is -0.465 e. The number of pyridine rings is 2. The van der Waals surface area contributed by atoms with E-state index in [1.54, 1.807) is 12.1 Å². The lowest BCUT2D eigenvalue weighted by atomic mass is 10.3. The van der Waals surface area contributed by atoms with E-state index in [1.165, 1.54) is 31.8 Å². The highest BCUT2D eigenvalue weighted by atomic mass is 16.5. The molecule has 1 amide bonds. The number of aromatic nitrogens is 2. The fourth-order valence-electron chi connectivity index (χ4n) is 1.48. The molecule has 1 N–H and O–H groups in total. The number of carbonyl (C=O) groups excluding carboxylic acids is 2. The smallest absolute Gasteiger partial charge is 0.339 e. The normalized spacial score (nSPS) is 9.85. The van der Waals surface area contributed by atoms with Crippen molar-refractivity contribution in [3.63, 3.8) is 0 Å². The summed E-state index contributed by atoms with van der Waals surface area (Å²) in [5.74, 6) is -1.11. The SMILES string of the molecule is COC(=O)c1ccc(=O)n(NC(=O)c2cccnc2)c1. The first-order valence-corrected chi connectivity index (χ1v) is 5.64. The molecule has 2 aromatic rings. The van der Waals surface area contributed by atoms with Crippen molar-refractivity contribution >= 4 is 11.9 Å². The second-order valence-electron chi connectivity index (χ2n) is 3.80. The second kappa shape index (κ2) is 5.79. The Hall–Kier alpha value is -2.96. The predicted molar refractivity (Wildman–Crippen MR) is 70.0 cm³/mol. The molecule has 2 aromatic heterocycles. The van der Waals surface area contributed by atoms with Gasteiger partial charge in [-0.1, -0.05) is 0 Å². The summed E-state index contributed by atoms with van der Waals surface area (Å²) in [5, 5.41) is 0. The summed E-state index contributed by atoms with van der Waals surface area (Å²) in [6.45, 7) is 0. The lowest BCUT2D eigenvalue weighted by Crippen LogP contribution is -2.33. The number of esters is 1. The first-order chi connectivity index (χ1) is 9.61. The highest BCUT2D eigenvalue weighted by molar-refractivity contribution is 5.99. The van der Waals surface area contributed by atoms with Gasteiger partial charge in [-0.3, -0.25) is 20.0 Å². The van der Waals surface area contributed by atoms with Gasteiger partial charge in [0.2, 0.25) is 0 Å². The molecule has 0 atom stereocenters. The Kier molecular flexibility index (Phi) is 3.90. The summed E-state index contributed by atoms with van der Waals surface area (Å²) >= 11 is 0. The third-order valence-electron chi connectivity index (χ3n) is 2.48. The molecule has 0 aliphatic carbocycles. The van der Waals surface area contributed by atoms with E-state index in [2.05, 4.69) is 15.1 Å². The topological polar surface area (TPSA) is 90.3 Å². The van der Waals surface area contributed by atoms with Crippen LogP contribution in [0.3, 0.4) is 0 Å². The van der Waals surface area contributed by atoms with Crippen LogP contribution in [0.25, 0.3) is 0 Å². The molecule has 0 radical (unpaired) electrons. The van der Waals surface area contributed by atoms with Crippen LogP contribution in [-0.4, -0.2) is 28.6 Å². The Morgan fingerprint density at radius 1 is 1.25 bits per heavy atom. The number of amides is 1. The van der Waals surface area contributed by atoms with Gasteiger partial charge in [-0.05, 0) is 18.2 Å². The summed E-state index contributed by atoms with van der Waals surface area (Å²) < 4.78 is 5.46. The highest BCUT2D eigenvalue weighted by Gasteiger charge is 2.10. The number of hydrogen-bond acceptors (Lipinski definition) is 5. The summed E-state index contributed by atoms with van der Waals surface area (Å²) in [6, 6.07) is 5.64. The fraction of sp³-hybridized carbons (Fsp3) is 0.0769. The third kappa shape index (κ3) is 2.89. The number of ether oxygens (including phenoxy) is 1. The Labute approximate surface area is 113 Å². The van der Waals surface area contributed by atoms with E-state index in [9.17, 15) is 14.4 Å². The molecular formula is C13H11N3O4. The van der Waals surface area contributed by atoms with Crippen LogP contribution in [0.15, 0.2) is 47.7 Å². The first-order valence-electron chi connectivity index (χ1n) is 5.64. The van der Waals surface area contributed by atoms with Gasteiger partial charge in [-0.25, -0.2) is 9.47 Å². The van der Waals surface area contributed by atoms with Gasteiger partial charge >= 0.3 is 5.97 Å². The number of carbonyl (C=O) groups is 2. The van der Waals surface area contributed by atoms with Crippen molar-refractivity contribution in [3.8, 4) is 0 Å². The fourth-order valence-corrected chi connectivity index (χ4v) is 1.48. The number of nitrogens with zero attached hydrogens (tertiary/aromatic N) is 2. The van der Waals surface area contributed by atoms with Gasteiger partial charge in [0, 0.05) is 24.7 Å². The quantitative estimate of drug-likeness (QED) is 0.818. The maximum absolute atomic E-state index is 11.9. The van der Waals surface area contributed by atoms with Crippen molar-refractivity contribution in [2.45, 2.75) is 0 Å². The monoisotopic (exact) mass is 273 g/mol. The molecule has 20 heavy (non-hydrogen) atoms. The highest BCUT2D eigenvalue weighted by Crippen LogP contribution is 1.99. The molecule has 0 fully saturated rings. The van der Waals surface area contributed by atoms with Crippen molar-refractivity contribution in [3.05, 3.63) is 64.3 Å². The molecule has 2 rings (SSSR count). The zero-order valence-corrected chi connectivity index (χ0v) is 10.6. The van der Waals surface area contributed by atoms with Crippen LogP contribution in [0.2, 0.25) is 0 Å². The molecule has 7 heteroatoms. The molecular weight excluding hydrogens is 262 g/mol. The van der Waals surface area contributed by atoms with Gasteiger partial charge < -0.3 is 4.74 Å². The molecule has 0 aliphatic rings. The maximum atomic E-state index is 11.9. The van der Waals surface area contributed by atoms with E-state index in [4.69, 9.17) is 0 Å². The van der Waals surface area contributed by atoms with Crippen molar-refractivity contribution in [2.75, 3.05) is 12.5 Å². The molecule has 102 valence electrons. The lowest BCUT2D eigenvalue weighted by molar-refractivity contribution is 0.0599. The average Bonchev–Trinajstić information content (AvgIpc) is 2.49. The van der Waals surface area contributed by atoms with E-state index in [0.29, 0.717) is 5.56 Å². The molecule has 2 heterocycles. The minimum atomic E-state index is -0.602. The van der Waals surface area contributed by atoms with E-state index in [-0.39, 0.29) is 5.56 Å². The van der Waals surface area contributed by atoms with Gasteiger partial charge in [0.05, 0.1) is 18.2 Å². The van der Waals surface area contributed by atoms with Gasteiger partial charge in [-0.2, -0.15) is 0 Å². The van der Waals surface area contributed by atoms with Gasteiger partial charge in [-0.15, -0.1) is 0 Å². The van der Waals surface area contributed by atoms with E-state index in [0.717, 1.165) is 10.7 Å². The zero-order chi connectivity index (χ0) is 14.5. The van der Waals surface area contributed by atoms with Crippen LogP contribution in [0.4, 0.5) is 0 Å². The van der Waals surface area contributed by atoms with Crippen LogP contribution in [0, 0.1) is 0 Å². The lowest BCUT2D eigenvalue weighted by Gasteiger charge is -2.08. The molecule has 0 aliphatic heterocycles. The molecule has 0 unspecified atom stereocenters. The summed E-state index contributed by atoms with van der Waals surface area (Å²) in [5.41, 5.74) is 2.33. The molecule has 0 saturated heterocycles. The Bertz CT molecular complexity index is 694. The number of nitrogens with one attached hydrogen (secondary N) is 1. The Morgan fingerprint density at radius 3 is 2.70 bits per heavy atom. The van der Waals surface area contributed by atoms with Crippen LogP contribution in [0.1, 0.15) is 20.7 Å².